The predicted molar refractivity (Wildman–Crippen MR) is 81.2 cm³/mol. The van der Waals surface area contributed by atoms with E-state index < -0.39 is 32.7 Å². The summed E-state index contributed by atoms with van der Waals surface area (Å²) < 4.78 is 31.6. The molecule has 0 aromatic heterocycles. The zero-order valence-corrected chi connectivity index (χ0v) is 13.2. The second-order valence-electron chi connectivity index (χ2n) is 4.60. The van der Waals surface area contributed by atoms with Gasteiger partial charge < -0.3 is 10.5 Å². The molecular formula is C13H14N4O5S. The number of hydrogen-bond donors (Lipinski definition) is 1. The number of Topliss-reactive ketones (excluding diaryl/α,β-unsaturated/α-hetero) is 1. The first-order valence-electron chi connectivity index (χ1n) is 6.23. The molecule has 1 rings (SSSR count). The van der Waals surface area contributed by atoms with Gasteiger partial charge in [0.1, 0.15) is 5.75 Å². The maximum Gasteiger partial charge on any atom is 0.409 e. The molecule has 1 aromatic carbocycles. The number of allylic oxidation sites excluding steroid dienone is 1. The van der Waals surface area contributed by atoms with Crippen molar-refractivity contribution in [1.82, 2.24) is 0 Å². The Morgan fingerprint density at radius 3 is 2.52 bits per heavy atom. The summed E-state index contributed by atoms with van der Waals surface area (Å²) in [5.41, 5.74) is 13.4. The largest absolute Gasteiger partial charge is 0.410 e. The number of ketones is 1. The van der Waals surface area contributed by atoms with Crippen LogP contribution in [0, 0.1) is 0 Å². The molecule has 0 bridgehead atoms. The minimum Gasteiger partial charge on any atom is -0.410 e. The molecule has 0 aliphatic carbocycles. The van der Waals surface area contributed by atoms with E-state index in [1.165, 1.54) is 26.0 Å². The topological polar surface area (TPSA) is 152 Å². The van der Waals surface area contributed by atoms with Crippen LogP contribution in [0.15, 0.2) is 39.8 Å². The third kappa shape index (κ3) is 4.09. The van der Waals surface area contributed by atoms with Crippen LogP contribution < -0.4 is 10.5 Å². The van der Waals surface area contributed by atoms with E-state index in [2.05, 4.69) is 16.0 Å². The molecule has 1 amide bonds. The van der Waals surface area contributed by atoms with Gasteiger partial charge in [-0.2, -0.15) is 0 Å². The quantitative estimate of drug-likeness (QED) is 0.365. The Bertz CT molecular complexity index is 825. The van der Waals surface area contributed by atoms with Crippen LogP contribution in [0.25, 0.3) is 10.4 Å². The maximum atomic E-state index is 12.1. The number of nitrogens with two attached hydrogens (primary N) is 1. The lowest BCUT2D eigenvalue weighted by Gasteiger charge is -2.18. The first kappa shape index (κ1) is 18.2. The highest BCUT2D eigenvalue weighted by atomic mass is 32.2. The first-order chi connectivity index (χ1) is 10.6. The van der Waals surface area contributed by atoms with Crippen LogP contribution in [0.4, 0.5) is 4.79 Å². The normalized spacial score (nSPS) is 11.9. The van der Waals surface area contributed by atoms with E-state index in [-0.39, 0.29) is 16.9 Å². The first-order valence-corrected chi connectivity index (χ1v) is 7.67. The number of hydrogen-bond acceptors (Lipinski definition) is 5. The van der Waals surface area contributed by atoms with Gasteiger partial charge in [-0.25, -0.2) is 13.2 Å². The summed E-state index contributed by atoms with van der Waals surface area (Å²) in [7, 11) is -4.41. The highest BCUT2D eigenvalue weighted by Gasteiger charge is 2.29. The standard InChI is InChI=1S/C13H14N4O5S/c1-7(2)12(18)8(3)11-9(22-13(14)19)5-4-6-10(11)23(20,21)17-16-15/h4-6,8H,1H2,2-3H3,(H2,14,19). The van der Waals surface area contributed by atoms with Gasteiger partial charge in [-0.15, -0.1) is 0 Å². The lowest BCUT2D eigenvalue weighted by molar-refractivity contribution is -0.116. The van der Waals surface area contributed by atoms with Crippen molar-refractivity contribution in [3.63, 3.8) is 0 Å². The minimum atomic E-state index is -4.41. The third-order valence-electron chi connectivity index (χ3n) is 2.91. The molecular weight excluding hydrogens is 324 g/mol. The summed E-state index contributed by atoms with van der Waals surface area (Å²) in [6.07, 6.45) is -1.18. The number of carbonyl (C=O) groups is 2. The van der Waals surface area contributed by atoms with Crippen LogP contribution in [0.5, 0.6) is 5.75 Å². The Hall–Kier alpha value is -2.84. The Labute approximate surface area is 132 Å². The lowest BCUT2D eigenvalue weighted by Crippen LogP contribution is -2.20. The van der Waals surface area contributed by atoms with Crippen LogP contribution in [0.3, 0.4) is 0 Å². The molecule has 0 spiro atoms. The van der Waals surface area contributed by atoms with E-state index in [0.717, 1.165) is 6.07 Å². The monoisotopic (exact) mass is 338 g/mol. The molecule has 0 heterocycles. The molecule has 2 N–H and O–H groups in total. The molecule has 0 aliphatic rings. The van der Waals surface area contributed by atoms with Gasteiger partial charge in [0.25, 0.3) is 10.0 Å². The van der Waals surface area contributed by atoms with Crippen LogP contribution in [-0.2, 0) is 14.8 Å². The predicted octanol–water partition coefficient (Wildman–Crippen LogP) is 2.39. The van der Waals surface area contributed by atoms with Crippen LogP contribution >= 0.6 is 0 Å². The fourth-order valence-corrected chi connectivity index (χ4v) is 2.96. The maximum absolute atomic E-state index is 12.1. The SMILES string of the molecule is C=C(C)C(=O)C(C)c1c(OC(N)=O)cccc1S(=O)(=O)N=[N+]=[N-]. The smallest absolute Gasteiger partial charge is 0.409 e. The molecule has 1 aromatic rings. The molecule has 0 saturated heterocycles. The van der Waals surface area contributed by atoms with Gasteiger partial charge in [0.15, 0.2) is 5.78 Å². The fourth-order valence-electron chi connectivity index (χ4n) is 1.97. The van der Waals surface area contributed by atoms with Crippen molar-refractivity contribution >= 4 is 21.9 Å². The van der Waals surface area contributed by atoms with E-state index in [1.807, 2.05) is 0 Å². The van der Waals surface area contributed by atoms with Gasteiger partial charge in [-0.1, -0.05) is 19.6 Å². The molecule has 1 atom stereocenters. The van der Waals surface area contributed by atoms with Gasteiger partial charge in [0.05, 0.1) is 4.90 Å². The second-order valence-corrected chi connectivity index (χ2v) is 6.15. The van der Waals surface area contributed by atoms with E-state index in [1.54, 1.807) is 0 Å². The summed E-state index contributed by atoms with van der Waals surface area (Å²) >= 11 is 0. The zero-order valence-electron chi connectivity index (χ0n) is 12.4. The number of carbonyl (C=O) groups excluding carboxylic acids is 2. The summed E-state index contributed by atoms with van der Waals surface area (Å²) in [5, 5.41) is 0. The number of benzene rings is 1. The average Bonchev–Trinajstić information content (AvgIpc) is 2.44. The van der Waals surface area contributed by atoms with Gasteiger partial charge in [0.2, 0.25) is 0 Å². The summed E-state index contributed by atoms with van der Waals surface area (Å²) in [4.78, 5) is 25.0. The number of azide groups is 1. The molecule has 0 radical (unpaired) electrons. The van der Waals surface area contributed by atoms with Gasteiger partial charge in [-0.3, -0.25) is 4.79 Å². The van der Waals surface area contributed by atoms with Crippen molar-refractivity contribution in [2.45, 2.75) is 24.7 Å². The number of sulfonamides is 1. The Kier molecular flexibility index (Phi) is 5.50. The average molecular weight is 338 g/mol. The molecule has 0 aliphatic heterocycles. The molecule has 10 heteroatoms. The van der Waals surface area contributed by atoms with Crippen molar-refractivity contribution in [1.29, 1.82) is 0 Å². The summed E-state index contributed by atoms with van der Waals surface area (Å²) in [5.74, 6) is -1.70. The van der Waals surface area contributed by atoms with Gasteiger partial charge >= 0.3 is 6.09 Å². The highest BCUT2D eigenvalue weighted by molar-refractivity contribution is 7.90. The number of amides is 1. The Balaban J connectivity index is 3.72. The Morgan fingerprint density at radius 1 is 1.43 bits per heavy atom. The van der Waals surface area contributed by atoms with Crippen molar-refractivity contribution in [2.75, 3.05) is 0 Å². The van der Waals surface area contributed by atoms with E-state index in [9.17, 15) is 18.0 Å². The molecule has 0 fully saturated rings. The molecule has 122 valence electrons. The number of primary amides is 1. The molecule has 9 nitrogen and oxygen atoms in total. The van der Waals surface area contributed by atoms with Crippen LogP contribution in [0.2, 0.25) is 0 Å². The van der Waals surface area contributed by atoms with Crippen molar-refractivity contribution in [2.24, 2.45) is 10.3 Å². The molecule has 1 unspecified atom stereocenters. The van der Waals surface area contributed by atoms with Crippen molar-refractivity contribution in [3.8, 4) is 5.75 Å². The summed E-state index contributed by atoms with van der Waals surface area (Å²) in [6.45, 7) is 6.38. The van der Waals surface area contributed by atoms with Crippen molar-refractivity contribution < 1.29 is 22.7 Å². The Morgan fingerprint density at radius 2 is 2.04 bits per heavy atom. The third-order valence-corrected chi connectivity index (χ3v) is 4.11. The van der Waals surface area contributed by atoms with Crippen molar-refractivity contribution in [3.05, 3.63) is 46.4 Å². The highest BCUT2D eigenvalue weighted by Crippen LogP contribution is 2.35. The second kappa shape index (κ2) is 6.95. The van der Waals surface area contributed by atoms with E-state index in [0.29, 0.717) is 0 Å². The molecule has 23 heavy (non-hydrogen) atoms. The molecule has 0 saturated carbocycles. The summed E-state index contributed by atoms with van der Waals surface area (Å²) in [6, 6.07) is 3.67. The van der Waals surface area contributed by atoms with Gasteiger partial charge in [-0.05, 0) is 30.2 Å². The van der Waals surface area contributed by atoms with Crippen LogP contribution in [0.1, 0.15) is 25.3 Å². The van der Waals surface area contributed by atoms with Gasteiger partial charge in [0, 0.05) is 20.9 Å². The number of rotatable bonds is 6. The number of ether oxygens (including phenoxy) is 1. The lowest BCUT2D eigenvalue weighted by atomic mass is 9.92. The van der Waals surface area contributed by atoms with E-state index >= 15 is 0 Å². The zero-order chi connectivity index (χ0) is 17.8. The minimum absolute atomic E-state index is 0.133. The van der Waals surface area contributed by atoms with E-state index in [4.69, 9.17) is 16.0 Å². The fraction of sp³-hybridized carbons (Fsp3) is 0.231. The number of nitrogens with zero attached hydrogens (tertiary/aromatic N) is 3. The van der Waals surface area contributed by atoms with Crippen LogP contribution in [-0.4, -0.2) is 20.3 Å².